The minimum absolute atomic E-state index is 0.0642. The summed E-state index contributed by atoms with van der Waals surface area (Å²) in [6.07, 6.45) is 1.46. The number of aromatic amines is 1. The number of nitrogens with zero attached hydrogens (tertiary/aromatic N) is 4. The summed E-state index contributed by atoms with van der Waals surface area (Å²) in [7, 11) is 0. The molecule has 1 amide bonds. The number of Topliss-reactive ketones (excluding diaryl/α,β-unsaturated/α-hetero) is 1. The van der Waals surface area contributed by atoms with Gasteiger partial charge in [-0.2, -0.15) is 5.10 Å². The molecule has 0 saturated heterocycles. The predicted octanol–water partition coefficient (Wildman–Crippen LogP) is 2.59. The van der Waals surface area contributed by atoms with Gasteiger partial charge in [0.1, 0.15) is 5.82 Å². The van der Waals surface area contributed by atoms with E-state index in [-0.39, 0.29) is 36.1 Å². The molecule has 3 rings (SSSR count). The molecule has 3 aromatic rings. The van der Waals surface area contributed by atoms with Crippen molar-refractivity contribution in [2.75, 3.05) is 17.2 Å². The molecule has 0 aliphatic heterocycles. The summed E-state index contributed by atoms with van der Waals surface area (Å²) in [4.78, 5) is 55.6. The summed E-state index contributed by atoms with van der Waals surface area (Å²) in [5.74, 6) is -1.93. The Morgan fingerprint density at radius 1 is 1.14 bits per heavy atom. The van der Waals surface area contributed by atoms with Crippen molar-refractivity contribution in [2.45, 2.75) is 54.0 Å². The Hall–Kier alpha value is -3.95. The molecule has 0 atom stereocenters. The molecule has 0 radical (unpaired) electrons. The maximum Gasteiger partial charge on any atom is 0.330 e. The maximum absolute atomic E-state index is 13.6. The Labute approximate surface area is 203 Å². The number of H-pyrrole nitrogens is 1. The van der Waals surface area contributed by atoms with E-state index < -0.39 is 22.9 Å². The molecule has 10 heteroatoms. The van der Waals surface area contributed by atoms with E-state index in [2.05, 4.69) is 10.1 Å². The number of carbonyl (C=O) groups excluding carboxylic acids is 2. The van der Waals surface area contributed by atoms with Crippen LogP contribution in [-0.2, 0) is 11.3 Å². The number of hydrogen-bond donors (Lipinski definition) is 2. The van der Waals surface area contributed by atoms with Gasteiger partial charge in [0.15, 0.2) is 5.69 Å². The molecule has 0 aliphatic rings. The van der Waals surface area contributed by atoms with E-state index in [1.165, 1.54) is 4.57 Å². The van der Waals surface area contributed by atoms with Crippen LogP contribution < -0.4 is 21.9 Å². The Kier molecular flexibility index (Phi) is 7.73. The van der Waals surface area contributed by atoms with Crippen LogP contribution in [0.15, 0.2) is 39.9 Å². The Morgan fingerprint density at radius 3 is 2.40 bits per heavy atom. The zero-order chi connectivity index (χ0) is 25.9. The van der Waals surface area contributed by atoms with Crippen molar-refractivity contribution in [2.24, 2.45) is 5.92 Å². The molecule has 2 heterocycles. The van der Waals surface area contributed by atoms with Crippen LogP contribution in [0.2, 0.25) is 0 Å². The van der Waals surface area contributed by atoms with E-state index in [1.54, 1.807) is 18.5 Å². The van der Waals surface area contributed by atoms with E-state index in [4.69, 9.17) is 5.73 Å². The minimum Gasteiger partial charge on any atom is -0.383 e. The number of para-hydroxylation sites is 1. The molecule has 1 aromatic carbocycles. The molecule has 0 bridgehead atoms. The zero-order valence-corrected chi connectivity index (χ0v) is 20.8. The van der Waals surface area contributed by atoms with Crippen LogP contribution in [0.3, 0.4) is 0 Å². The first kappa shape index (κ1) is 25.7. The number of unbranched alkanes of at least 4 members (excludes halogenated alkanes) is 1. The highest BCUT2D eigenvalue weighted by Crippen LogP contribution is 2.23. The SMILES string of the molecule is CCCCn1c(N)c(N(CC(C)C)C(=O)C(=O)c2c(C)nn(-c3ccccc3)c2C)c(=O)[nH]c1=O. The summed E-state index contributed by atoms with van der Waals surface area (Å²) in [6, 6.07) is 9.27. The maximum atomic E-state index is 13.6. The molecule has 0 saturated carbocycles. The summed E-state index contributed by atoms with van der Waals surface area (Å²) in [5.41, 5.74) is 6.40. The smallest absolute Gasteiger partial charge is 0.330 e. The van der Waals surface area contributed by atoms with Crippen molar-refractivity contribution < 1.29 is 9.59 Å². The van der Waals surface area contributed by atoms with Crippen molar-refractivity contribution in [3.05, 3.63) is 68.1 Å². The molecule has 0 aliphatic carbocycles. The second kappa shape index (κ2) is 10.5. The number of aryl methyl sites for hydroxylation is 1. The third-order valence-electron chi connectivity index (χ3n) is 5.73. The fourth-order valence-corrected chi connectivity index (χ4v) is 4.04. The average molecular weight is 481 g/mol. The molecule has 35 heavy (non-hydrogen) atoms. The predicted molar refractivity (Wildman–Crippen MR) is 135 cm³/mol. The van der Waals surface area contributed by atoms with Gasteiger partial charge in [-0.25, -0.2) is 9.48 Å². The zero-order valence-electron chi connectivity index (χ0n) is 20.8. The average Bonchev–Trinajstić information content (AvgIpc) is 3.11. The normalized spacial score (nSPS) is 11.1. The topological polar surface area (TPSA) is 136 Å². The fourth-order valence-electron chi connectivity index (χ4n) is 4.04. The van der Waals surface area contributed by atoms with Gasteiger partial charge in [-0.05, 0) is 38.3 Å². The number of rotatable bonds is 9. The molecular formula is C25H32N6O4. The number of ketones is 1. The standard InChI is InChI=1S/C25H32N6O4/c1-6-7-13-29-22(26)20(23(33)27-25(29)35)30(14-15(2)3)24(34)21(32)19-16(4)28-31(17(19)5)18-11-9-8-10-12-18/h8-12,15H,6-7,13-14,26H2,1-5H3,(H,27,33,35). The van der Waals surface area contributed by atoms with Crippen LogP contribution >= 0.6 is 0 Å². The van der Waals surface area contributed by atoms with E-state index in [1.807, 2.05) is 51.1 Å². The largest absolute Gasteiger partial charge is 0.383 e. The first-order valence-corrected chi connectivity index (χ1v) is 11.7. The van der Waals surface area contributed by atoms with Crippen molar-refractivity contribution in [1.29, 1.82) is 0 Å². The lowest BCUT2D eigenvalue weighted by atomic mass is 10.1. The summed E-state index contributed by atoms with van der Waals surface area (Å²) in [6.45, 7) is 9.39. The number of nitrogen functional groups attached to an aromatic ring is 1. The second-order valence-electron chi connectivity index (χ2n) is 8.93. The number of anilines is 2. The van der Waals surface area contributed by atoms with Crippen LogP contribution in [0.1, 0.15) is 55.4 Å². The van der Waals surface area contributed by atoms with Gasteiger partial charge in [-0.3, -0.25) is 28.8 Å². The monoisotopic (exact) mass is 480 g/mol. The van der Waals surface area contributed by atoms with Gasteiger partial charge in [0.25, 0.3) is 17.2 Å². The van der Waals surface area contributed by atoms with Gasteiger partial charge in [-0.15, -0.1) is 0 Å². The van der Waals surface area contributed by atoms with Crippen molar-refractivity contribution in [1.82, 2.24) is 19.3 Å². The number of nitrogens with two attached hydrogens (primary N) is 1. The number of benzene rings is 1. The molecule has 0 fully saturated rings. The molecule has 0 spiro atoms. The third-order valence-corrected chi connectivity index (χ3v) is 5.73. The lowest BCUT2D eigenvalue weighted by Crippen LogP contribution is -2.45. The number of hydrogen-bond acceptors (Lipinski definition) is 6. The molecule has 2 aromatic heterocycles. The Balaban J connectivity index is 2.11. The lowest BCUT2D eigenvalue weighted by molar-refractivity contribution is -0.114. The molecular weight excluding hydrogens is 448 g/mol. The highest BCUT2D eigenvalue weighted by molar-refractivity contribution is 6.47. The second-order valence-corrected chi connectivity index (χ2v) is 8.93. The first-order valence-electron chi connectivity index (χ1n) is 11.7. The van der Waals surface area contributed by atoms with Gasteiger partial charge in [-0.1, -0.05) is 45.4 Å². The number of amides is 1. The quantitative estimate of drug-likeness (QED) is 0.357. The van der Waals surface area contributed by atoms with Crippen molar-refractivity contribution in [3.63, 3.8) is 0 Å². The van der Waals surface area contributed by atoms with Crippen molar-refractivity contribution in [3.8, 4) is 5.69 Å². The fraction of sp³-hybridized carbons (Fsp3) is 0.400. The lowest BCUT2D eigenvalue weighted by Gasteiger charge is -2.25. The summed E-state index contributed by atoms with van der Waals surface area (Å²) < 4.78 is 2.84. The highest BCUT2D eigenvalue weighted by Gasteiger charge is 2.33. The summed E-state index contributed by atoms with van der Waals surface area (Å²) >= 11 is 0. The number of nitrogens with one attached hydrogen (secondary N) is 1. The highest BCUT2D eigenvalue weighted by atomic mass is 16.2. The van der Waals surface area contributed by atoms with Gasteiger partial charge in [0, 0.05) is 13.1 Å². The van der Waals surface area contributed by atoms with E-state index in [0.29, 0.717) is 17.8 Å². The van der Waals surface area contributed by atoms with Gasteiger partial charge in [0.2, 0.25) is 0 Å². The van der Waals surface area contributed by atoms with Gasteiger partial charge >= 0.3 is 5.69 Å². The van der Waals surface area contributed by atoms with Gasteiger partial charge < -0.3 is 5.73 Å². The van der Waals surface area contributed by atoms with Crippen LogP contribution in [-0.4, -0.2) is 37.6 Å². The van der Waals surface area contributed by atoms with E-state index in [0.717, 1.165) is 17.0 Å². The molecule has 3 N–H and O–H groups in total. The molecule has 0 unspecified atom stereocenters. The Bertz CT molecular complexity index is 1350. The van der Waals surface area contributed by atoms with E-state index >= 15 is 0 Å². The number of carbonyl (C=O) groups is 2. The van der Waals surface area contributed by atoms with Crippen LogP contribution in [0.5, 0.6) is 0 Å². The number of aromatic nitrogens is 4. The Morgan fingerprint density at radius 2 is 1.80 bits per heavy atom. The summed E-state index contributed by atoms with van der Waals surface area (Å²) in [5, 5.41) is 4.46. The molecule has 186 valence electrons. The minimum atomic E-state index is -0.907. The van der Waals surface area contributed by atoms with Gasteiger partial charge in [0.05, 0.1) is 22.6 Å². The third kappa shape index (κ3) is 5.11. The van der Waals surface area contributed by atoms with Crippen LogP contribution in [0.4, 0.5) is 11.5 Å². The van der Waals surface area contributed by atoms with Crippen molar-refractivity contribution >= 4 is 23.2 Å². The van der Waals surface area contributed by atoms with Crippen LogP contribution in [0, 0.1) is 19.8 Å². The first-order chi connectivity index (χ1) is 16.6. The van der Waals surface area contributed by atoms with E-state index in [9.17, 15) is 19.2 Å². The van der Waals surface area contributed by atoms with Crippen LogP contribution in [0.25, 0.3) is 5.69 Å². The molecule has 10 nitrogen and oxygen atoms in total.